The summed E-state index contributed by atoms with van der Waals surface area (Å²) in [5, 5.41) is 6.63. The molecule has 1 heterocycles. The van der Waals surface area contributed by atoms with Gasteiger partial charge in [0.05, 0.1) is 6.61 Å². The number of carbonyl (C=O) groups excluding carboxylic acids is 1. The smallest absolute Gasteiger partial charge is 0.222 e. The zero-order valence-corrected chi connectivity index (χ0v) is 14.5. The highest BCUT2D eigenvalue weighted by Crippen LogP contribution is 2.10. The Kier molecular flexibility index (Phi) is 8.89. The minimum absolute atomic E-state index is 0.228. The van der Waals surface area contributed by atoms with Crippen molar-refractivity contribution in [3.05, 3.63) is 0 Å². The van der Waals surface area contributed by atoms with Crippen LogP contribution in [0.1, 0.15) is 40.0 Å². The largest absolute Gasteiger partial charge is 0.380 e. The Morgan fingerprint density at radius 3 is 2.82 bits per heavy atom. The van der Waals surface area contributed by atoms with Crippen molar-refractivity contribution in [2.45, 2.75) is 46.1 Å². The van der Waals surface area contributed by atoms with Crippen LogP contribution >= 0.6 is 0 Å². The fraction of sp³-hybridized carbons (Fsp3) is 0.875. The number of hydrogen-bond donors (Lipinski definition) is 2. The van der Waals surface area contributed by atoms with Gasteiger partial charge in [0, 0.05) is 45.8 Å². The third-order valence-corrected chi connectivity index (χ3v) is 3.79. The molecule has 6 heteroatoms. The molecule has 2 N–H and O–H groups in total. The van der Waals surface area contributed by atoms with E-state index in [9.17, 15) is 4.79 Å². The van der Waals surface area contributed by atoms with E-state index in [1.54, 1.807) is 7.05 Å². The second kappa shape index (κ2) is 10.4. The van der Waals surface area contributed by atoms with Gasteiger partial charge in [0.25, 0.3) is 0 Å². The Bertz CT molecular complexity index is 358. The first kappa shape index (κ1) is 18.7. The molecule has 0 aromatic rings. The molecule has 1 fully saturated rings. The summed E-state index contributed by atoms with van der Waals surface area (Å²) in [6.45, 7) is 10.1. The molecule has 1 saturated heterocycles. The molecule has 0 aromatic carbocycles. The number of rotatable bonds is 8. The van der Waals surface area contributed by atoms with Crippen molar-refractivity contribution in [2.75, 3.05) is 39.9 Å². The maximum atomic E-state index is 11.7. The molecule has 128 valence electrons. The molecular weight excluding hydrogens is 280 g/mol. The van der Waals surface area contributed by atoms with Crippen molar-refractivity contribution in [3.63, 3.8) is 0 Å². The van der Waals surface area contributed by atoms with Gasteiger partial charge in [-0.1, -0.05) is 20.8 Å². The lowest BCUT2D eigenvalue weighted by atomic mass is 10.1. The molecule has 0 aromatic heterocycles. The van der Waals surface area contributed by atoms with Crippen LogP contribution in [0.15, 0.2) is 4.99 Å². The van der Waals surface area contributed by atoms with E-state index < -0.39 is 0 Å². The lowest BCUT2D eigenvalue weighted by Gasteiger charge is -2.18. The zero-order chi connectivity index (χ0) is 16.4. The third-order valence-electron chi connectivity index (χ3n) is 3.79. The second-order valence-corrected chi connectivity index (χ2v) is 6.12. The first-order valence-corrected chi connectivity index (χ1v) is 8.39. The number of aliphatic imine (C=N–C) groups is 1. The first-order chi connectivity index (χ1) is 10.6. The predicted molar refractivity (Wildman–Crippen MR) is 90.0 cm³/mol. The second-order valence-electron chi connectivity index (χ2n) is 6.12. The van der Waals surface area contributed by atoms with Crippen LogP contribution in [0.25, 0.3) is 0 Å². The maximum Gasteiger partial charge on any atom is 0.222 e. The van der Waals surface area contributed by atoms with Crippen LogP contribution in [-0.2, 0) is 9.53 Å². The highest BCUT2D eigenvalue weighted by atomic mass is 16.5. The van der Waals surface area contributed by atoms with Gasteiger partial charge < -0.3 is 20.3 Å². The van der Waals surface area contributed by atoms with E-state index in [-0.39, 0.29) is 11.9 Å². The van der Waals surface area contributed by atoms with Gasteiger partial charge in [0.1, 0.15) is 0 Å². The Morgan fingerprint density at radius 1 is 1.41 bits per heavy atom. The van der Waals surface area contributed by atoms with E-state index >= 15 is 0 Å². The van der Waals surface area contributed by atoms with Crippen molar-refractivity contribution in [2.24, 2.45) is 10.9 Å². The van der Waals surface area contributed by atoms with Gasteiger partial charge in [-0.25, -0.2) is 0 Å². The molecule has 1 amide bonds. The van der Waals surface area contributed by atoms with Crippen LogP contribution < -0.4 is 10.6 Å². The van der Waals surface area contributed by atoms with Crippen LogP contribution in [0.2, 0.25) is 0 Å². The molecule has 1 rings (SSSR count). The van der Waals surface area contributed by atoms with Gasteiger partial charge in [0.15, 0.2) is 5.96 Å². The van der Waals surface area contributed by atoms with Crippen LogP contribution in [0.4, 0.5) is 0 Å². The van der Waals surface area contributed by atoms with Gasteiger partial charge in [-0.15, -0.1) is 0 Å². The number of carbonyl (C=O) groups is 1. The van der Waals surface area contributed by atoms with Gasteiger partial charge in [-0.2, -0.15) is 0 Å². The van der Waals surface area contributed by atoms with Crippen LogP contribution in [0.5, 0.6) is 0 Å². The minimum atomic E-state index is 0.228. The predicted octanol–water partition coefficient (Wildman–Crippen LogP) is 1.23. The number of nitrogens with one attached hydrogen (secondary N) is 2. The average molecular weight is 312 g/mol. The van der Waals surface area contributed by atoms with Gasteiger partial charge in [-0.3, -0.25) is 9.79 Å². The first-order valence-electron chi connectivity index (χ1n) is 8.39. The summed E-state index contributed by atoms with van der Waals surface area (Å²) in [6.07, 6.45) is 2.64. The molecule has 0 radical (unpaired) electrons. The molecule has 0 spiro atoms. The Balaban J connectivity index is 2.17. The normalized spacial score (nSPS) is 18.9. The number of likely N-dealkylation sites (tertiary alicyclic amines) is 1. The number of nitrogens with zero attached hydrogens (tertiary/aromatic N) is 2. The van der Waals surface area contributed by atoms with E-state index in [4.69, 9.17) is 4.74 Å². The van der Waals surface area contributed by atoms with Crippen molar-refractivity contribution in [3.8, 4) is 0 Å². The molecule has 0 bridgehead atoms. The Labute approximate surface area is 134 Å². The summed E-state index contributed by atoms with van der Waals surface area (Å²) in [5.41, 5.74) is 0. The maximum absolute atomic E-state index is 11.7. The molecule has 6 nitrogen and oxygen atoms in total. The summed E-state index contributed by atoms with van der Waals surface area (Å²) < 4.78 is 5.57. The average Bonchev–Trinajstić information content (AvgIpc) is 2.96. The molecule has 0 aliphatic carbocycles. The SMILES string of the molecule is CCC(=O)N1CCC(NC(=NC)NCCOCCC(C)C)C1. The molecule has 1 aliphatic heterocycles. The third kappa shape index (κ3) is 7.11. The van der Waals surface area contributed by atoms with Crippen LogP contribution in [0.3, 0.4) is 0 Å². The van der Waals surface area contributed by atoms with Crippen molar-refractivity contribution < 1.29 is 9.53 Å². The number of hydrogen-bond acceptors (Lipinski definition) is 3. The lowest BCUT2D eigenvalue weighted by Crippen LogP contribution is -2.45. The number of amides is 1. The standard InChI is InChI=1S/C16H32N4O2/c1-5-15(21)20-9-6-14(12-20)19-16(17-4)18-8-11-22-10-7-13(2)3/h13-14H,5-12H2,1-4H3,(H2,17,18,19). The summed E-state index contributed by atoms with van der Waals surface area (Å²) >= 11 is 0. The molecular formula is C16H32N4O2. The summed E-state index contributed by atoms with van der Waals surface area (Å²) in [6, 6.07) is 0.281. The highest BCUT2D eigenvalue weighted by molar-refractivity contribution is 5.80. The summed E-state index contributed by atoms with van der Waals surface area (Å²) in [7, 11) is 1.76. The number of ether oxygens (including phenoxy) is 1. The minimum Gasteiger partial charge on any atom is -0.380 e. The van der Waals surface area contributed by atoms with E-state index in [2.05, 4.69) is 29.5 Å². The van der Waals surface area contributed by atoms with Crippen molar-refractivity contribution >= 4 is 11.9 Å². The zero-order valence-electron chi connectivity index (χ0n) is 14.5. The van der Waals surface area contributed by atoms with E-state index in [0.29, 0.717) is 18.9 Å². The lowest BCUT2D eigenvalue weighted by molar-refractivity contribution is -0.129. The Hall–Kier alpha value is -1.30. The van der Waals surface area contributed by atoms with E-state index in [1.807, 2.05) is 11.8 Å². The fourth-order valence-corrected chi connectivity index (χ4v) is 2.38. The molecule has 1 unspecified atom stereocenters. The van der Waals surface area contributed by atoms with Crippen LogP contribution in [-0.4, -0.2) is 62.7 Å². The highest BCUT2D eigenvalue weighted by Gasteiger charge is 2.25. The van der Waals surface area contributed by atoms with E-state index in [1.165, 1.54) is 0 Å². The van der Waals surface area contributed by atoms with Gasteiger partial charge in [-0.05, 0) is 18.8 Å². The molecule has 1 atom stereocenters. The van der Waals surface area contributed by atoms with Gasteiger partial charge >= 0.3 is 0 Å². The fourth-order valence-electron chi connectivity index (χ4n) is 2.38. The monoisotopic (exact) mass is 312 g/mol. The van der Waals surface area contributed by atoms with Crippen molar-refractivity contribution in [1.82, 2.24) is 15.5 Å². The quantitative estimate of drug-likeness (QED) is 0.402. The molecule has 22 heavy (non-hydrogen) atoms. The number of guanidine groups is 1. The molecule has 1 aliphatic rings. The van der Waals surface area contributed by atoms with E-state index in [0.717, 1.165) is 45.0 Å². The summed E-state index contributed by atoms with van der Waals surface area (Å²) in [5.74, 6) is 1.69. The molecule has 0 saturated carbocycles. The van der Waals surface area contributed by atoms with Crippen LogP contribution in [0, 0.1) is 5.92 Å². The Morgan fingerprint density at radius 2 is 2.18 bits per heavy atom. The topological polar surface area (TPSA) is 66.0 Å². The van der Waals surface area contributed by atoms with Gasteiger partial charge in [0.2, 0.25) is 5.91 Å². The summed E-state index contributed by atoms with van der Waals surface area (Å²) in [4.78, 5) is 17.8. The van der Waals surface area contributed by atoms with Crippen molar-refractivity contribution in [1.29, 1.82) is 0 Å².